The number of halogens is 3. The molecule has 3 nitrogen and oxygen atoms in total. The second-order valence-electron chi connectivity index (χ2n) is 5.82. The standard InChI is InChI=1S/C14H16Br2ClNO2S/c1-8-4-13(16)14(7-12(8)15)21(19,20)18-10-2-3-11(18)6-9(17)5-10/h4,7,9-11H,2-3,5-6H2,1H3. The van der Waals surface area contributed by atoms with Crippen molar-refractivity contribution in [1.82, 2.24) is 4.31 Å². The molecule has 0 amide bonds. The predicted molar refractivity (Wildman–Crippen MR) is 91.3 cm³/mol. The van der Waals surface area contributed by atoms with Crippen molar-refractivity contribution in [2.45, 2.75) is 55.0 Å². The zero-order valence-corrected chi connectivity index (χ0v) is 16.3. The van der Waals surface area contributed by atoms with Crippen LogP contribution in [0.1, 0.15) is 31.2 Å². The van der Waals surface area contributed by atoms with Crippen LogP contribution in [0.4, 0.5) is 0 Å². The van der Waals surface area contributed by atoms with E-state index in [-0.39, 0.29) is 17.5 Å². The molecule has 7 heteroatoms. The molecule has 0 radical (unpaired) electrons. The summed E-state index contributed by atoms with van der Waals surface area (Å²) in [5.41, 5.74) is 1.00. The van der Waals surface area contributed by atoms with E-state index in [4.69, 9.17) is 11.6 Å². The van der Waals surface area contributed by atoms with Crippen LogP contribution in [0.15, 0.2) is 26.0 Å². The van der Waals surface area contributed by atoms with Crippen molar-refractivity contribution in [3.8, 4) is 0 Å². The highest BCUT2D eigenvalue weighted by Crippen LogP contribution is 2.43. The van der Waals surface area contributed by atoms with Gasteiger partial charge in [-0.25, -0.2) is 8.42 Å². The predicted octanol–water partition coefficient (Wildman–Crippen LogP) is 4.44. The monoisotopic (exact) mass is 455 g/mol. The highest BCUT2D eigenvalue weighted by molar-refractivity contribution is 9.11. The number of fused-ring (bicyclic) bond motifs is 2. The Morgan fingerprint density at radius 1 is 1.14 bits per heavy atom. The van der Waals surface area contributed by atoms with E-state index in [2.05, 4.69) is 31.9 Å². The molecular weight excluding hydrogens is 441 g/mol. The molecule has 0 aliphatic carbocycles. The Morgan fingerprint density at radius 3 is 2.29 bits per heavy atom. The lowest BCUT2D eigenvalue weighted by molar-refractivity contribution is 0.251. The second kappa shape index (κ2) is 5.78. The smallest absolute Gasteiger partial charge is 0.207 e. The molecule has 2 bridgehead atoms. The van der Waals surface area contributed by atoms with Crippen LogP contribution >= 0.6 is 43.5 Å². The summed E-state index contributed by atoms with van der Waals surface area (Å²) in [6.45, 7) is 1.94. The molecule has 1 aromatic rings. The van der Waals surface area contributed by atoms with Gasteiger partial charge in [-0.3, -0.25) is 0 Å². The van der Waals surface area contributed by atoms with Crippen molar-refractivity contribution in [2.24, 2.45) is 0 Å². The number of nitrogens with zero attached hydrogens (tertiary/aromatic N) is 1. The Bertz CT molecular complexity index is 666. The number of sulfonamides is 1. The molecule has 0 aromatic heterocycles. The molecule has 2 aliphatic heterocycles. The van der Waals surface area contributed by atoms with Crippen LogP contribution < -0.4 is 0 Å². The molecule has 0 N–H and O–H groups in total. The third-order valence-electron chi connectivity index (χ3n) is 4.38. The molecule has 0 saturated carbocycles. The zero-order chi connectivity index (χ0) is 15.4. The van der Waals surface area contributed by atoms with Crippen molar-refractivity contribution < 1.29 is 8.42 Å². The van der Waals surface area contributed by atoms with Crippen LogP contribution in [0.3, 0.4) is 0 Å². The van der Waals surface area contributed by atoms with Gasteiger partial charge in [0.05, 0.1) is 4.90 Å². The van der Waals surface area contributed by atoms with Crippen molar-refractivity contribution in [3.63, 3.8) is 0 Å². The molecule has 2 fully saturated rings. The quantitative estimate of drug-likeness (QED) is 0.616. The van der Waals surface area contributed by atoms with Gasteiger partial charge in [0.1, 0.15) is 0 Å². The number of hydrogen-bond donors (Lipinski definition) is 0. The Labute approximate surface area is 147 Å². The first kappa shape index (κ1) is 16.2. The van der Waals surface area contributed by atoms with Crippen LogP contribution in [0.2, 0.25) is 0 Å². The Hall–Kier alpha value is 0.380. The maximum atomic E-state index is 13.1. The summed E-state index contributed by atoms with van der Waals surface area (Å²) in [5, 5.41) is 0.0992. The van der Waals surface area contributed by atoms with E-state index in [1.807, 2.05) is 13.0 Å². The molecule has 2 atom stereocenters. The maximum absolute atomic E-state index is 13.1. The summed E-state index contributed by atoms with van der Waals surface area (Å²) >= 11 is 13.1. The first-order chi connectivity index (χ1) is 9.80. The average Bonchev–Trinajstić information content (AvgIpc) is 2.67. The van der Waals surface area contributed by atoms with Crippen LogP contribution in [0, 0.1) is 6.92 Å². The fraction of sp³-hybridized carbons (Fsp3) is 0.571. The first-order valence-corrected chi connectivity index (χ1v) is 10.4. The normalized spacial score (nSPS) is 29.8. The number of rotatable bonds is 2. The van der Waals surface area contributed by atoms with Crippen molar-refractivity contribution >= 4 is 53.5 Å². The number of aryl methyl sites for hydroxylation is 1. The highest BCUT2D eigenvalue weighted by Gasteiger charge is 2.47. The minimum absolute atomic E-state index is 0.0447. The van der Waals surface area contributed by atoms with Crippen LogP contribution in [-0.4, -0.2) is 30.2 Å². The van der Waals surface area contributed by atoms with Gasteiger partial charge in [0.25, 0.3) is 0 Å². The highest BCUT2D eigenvalue weighted by atomic mass is 79.9. The third-order valence-corrected chi connectivity index (χ3v) is 8.55. The Balaban J connectivity index is 2.04. The molecule has 0 spiro atoms. The molecule has 116 valence electrons. The number of benzene rings is 1. The molecule has 2 heterocycles. The molecule has 3 rings (SSSR count). The van der Waals surface area contributed by atoms with Gasteiger partial charge in [0, 0.05) is 26.4 Å². The van der Waals surface area contributed by atoms with Gasteiger partial charge in [-0.15, -0.1) is 11.6 Å². The van der Waals surface area contributed by atoms with E-state index < -0.39 is 10.0 Å². The summed E-state index contributed by atoms with van der Waals surface area (Å²) in [6, 6.07) is 3.63. The summed E-state index contributed by atoms with van der Waals surface area (Å²) in [7, 11) is -3.49. The van der Waals surface area contributed by atoms with E-state index in [1.165, 1.54) is 0 Å². The van der Waals surface area contributed by atoms with Gasteiger partial charge in [0.2, 0.25) is 10.0 Å². The summed E-state index contributed by atoms with van der Waals surface area (Å²) in [6.07, 6.45) is 3.33. The van der Waals surface area contributed by atoms with Gasteiger partial charge in [-0.2, -0.15) is 4.31 Å². The summed E-state index contributed by atoms with van der Waals surface area (Å²) < 4.78 is 29.3. The largest absolute Gasteiger partial charge is 0.244 e. The van der Waals surface area contributed by atoms with Crippen LogP contribution in [-0.2, 0) is 10.0 Å². The van der Waals surface area contributed by atoms with E-state index >= 15 is 0 Å². The third kappa shape index (κ3) is 2.82. The van der Waals surface area contributed by atoms with E-state index in [0.29, 0.717) is 9.37 Å². The number of piperidine rings is 1. The van der Waals surface area contributed by atoms with E-state index in [1.54, 1.807) is 10.4 Å². The molecule has 2 unspecified atom stereocenters. The topological polar surface area (TPSA) is 37.4 Å². The summed E-state index contributed by atoms with van der Waals surface area (Å²) in [4.78, 5) is 0.338. The van der Waals surface area contributed by atoms with E-state index in [9.17, 15) is 8.42 Å². The van der Waals surface area contributed by atoms with Gasteiger partial charge >= 0.3 is 0 Å². The number of hydrogen-bond acceptors (Lipinski definition) is 2. The lowest BCUT2D eigenvalue weighted by Gasteiger charge is -2.36. The molecule has 21 heavy (non-hydrogen) atoms. The first-order valence-electron chi connectivity index (χ1n) is 6.94. The van der Waals surface area contributed by atoms with Crippen LogP contribution in [0.5, 0.6) is 0 Å². The second-order valence-corrected chi connectivity index (χ2v) is 9.96. The zero-order valence-electron chi connectivity index (χ0n) is 11.5. The minimum Gasteiger partial charge on any atom is -0.207 e. The minimum atomic E-state index is -3.49. The van der Waals surface area contributed by atoms with Crippen LogP contribution in [0.25, 0.3) is 0 Å². The number of alkyl halides is 1. The van der Waals surface area contributed by atoms with Crippen molar-refractivity contribution in [1.29, 1.82) is 0 Å². The lowest BCUT2D eigenvalue weighted by Crippen LogP contribution is -2.46. The fourth-order valence-electron chi connectivity index (χ4n) is 3.40. The molecule has 2 saturated heterocycles. The molecular formula is C14H16Br2ClNO2S. The molecule has 1 aromatic carbocycles. The SMILES string of the molecule is Cc1cc(Br)c(S(=O)(=O)N2C3CCC2CC(Cl)C3)cc1Br. The molecule has 2 aliphatic rings. The van der Waals surface area contributed by atoms with Gasteiger partial charge in [0.15, 0.2) is 0 Å². The van der Waals surface area contributed by atoms with Crippen molar-refractivity contribution in [3.05, 3.63) is 26.6 Å². The Kier molecular flexibility index (Phi) is 4.47. The van der Waals surface area contributed by atoms with E-state index in [0.717, 1.165) is 35.7 Å². The summed E-state index contributed by atoms with van der Waals surface area (Å²) in [5.74, 6) is 0. The van der Waals surface area contributed by atoms with Gasteiger partial charge < -0.3 is 0 Å². The fourth-order valence-corrected chi connectivity index (χ4v) is 7.34. The van der Waals surface area contributed by atoms with Crippen molar-refractivity contribution in [2.75, 3.05) is 0 Å². The van der Waals surface area contributed by atoms with Gasteiger partial charge in [-0.05, 0) is 66.2 Å². The lowest BCUT2D eigenvalue weighted by atomic mass is 10.1. The van der Waals surface area contributed by atoms with Gasteiger partial charge in [-0.1, -0.05) is 15.9 Å². The average molecular weight is 458 g/mol. The Morgan fingerprint density at radius 2 is 1.71 bits per heavy atom. The maximum Gasteiger partial charge on any atom is 0.244 e.